The summed E-state index contributed by atoms with van der Waals surface area (Å²) in [6.07, 6.45) is 3.74. The first kappa shape index (κ1) is 16.4. The third-order valence-corrected chi connectivity index (χ3v) is 5.46. The molecule has 0 spiro atoms. The van der Waals surface area contributed by atoms with Crippen molar-refractivity contribution in [3.63, 3.8) is 0 Å². The first-order chi connectivity index (χ1) is 9.91. The Bertz CT molecular complexity index is 550. The summed E-state index contributed by atoms with van der Waals surface area (Å²) in [5, 5.41) is 7.40. The van der Waals surface area contributed by atoms with Crippen molar-refractivity contribution >= 4 is 10.0 Å². The topological polar surface area (TPSA) is 76.5 Å². The molecular weight excluding hydrogens is 292 g/mol. The minimum absolute atomic E-state index is 0.0824. The maximum Gasteiger partial charge on any atom is 0.246 e. The van der Waals surface area contributed by atoms with Crippen LogP contribution in [0, 0.1) is 0 Å². The van der Waals surface area contributed by atoms with Crippen LogP contribution in [0.15, 0.2) is 17.3 Å². The molecule has 0 bridgehead atoms. The zero-order valence-corrected chi connectivity index (χ0v) is 13.6. The van der Waals surface area contributed by atoms with E-state index in [2.05, 4.69) is 24.3 Å². The van der Waals surface area contributed by atoms with Gasteiger partial charge in [0.1, 0.15) is 4.90 Å². The van der Waals surface area contributed by atoms with Crippen LogP contribution in [-0.2, 0) is 21.3 Å². The van der Waals surface area contributed by atoms with Gasteiger partial charge in [0, 0.05) is 32.4 Å². The Kier molecular flexibility index (Phi) is 5.37. The minimum Gasteiger partial charge on any atom is -0.380 e. The van der Waals surface area contributed by atoms with Gasteiger partial charge in [0.15, 0.2) is 0 Å². The molecule has 1 aliphatic rings. The first-order valence-electron chi connectivity index (χ1n) is 7.23. The van der Waals surface area contributed by atoms with Crippen molar-refractivity contribution in [1.82, 2.24) is 19.4 Å². The highest BCUT2D eigenvalue weighted by Crippen LogP contribution is 2.20. The smallest absolute Gasteiger partial charge is 0.246 e. The van der Waals surface area contributed by atoms with E-state index in [1.54, 1.807) is 17.9 Å². The van der Waals surface area contributed by atoms with Crippen molar-refractivity contribution in [2.75, 3.05) is 26.8 Å². The van der Waals surface area contributed by atoms with Crippen molar-refractivity contribution in [1.29, 1.82) is 0 Å². The summed E-state index contributed by atoms with van der Waals surface area (Å²) >= 11 is 0. The molecule has 1 aromatic heterocycles. The number of ether oxygens (including phenoxy) is 1. The second-order valence-electron chi connectivity index (χ2n) is 5.59. The van der Waals surface area contributed by atoms with Gasteiger partial charge in [-0.05, 0) is 6.42 Å². The van der Waals surface area contributed by atoms with Gasteiger partial charge in [0.05, 0.1) is 25.4 Å². The Morgan fingerprint density at radius 2 is 2.33 bits per heavy atom. The molecule has 1 fully saturated rings. The normalized spacial score (nSPS) is 19.8. The SMILES string of the molecule is CC(C)NCCn1cc(S(=O)(=O)N(C)C2CCOC2)cn1. The molecule has 2 heterocycles. The van der Waals surface area contributed by atoms with Gasteiger partial charge < -0.3 is 10.1 Å². The van der Waals surface area contributed by atoms with Gasteiger partial charge in [0.2, 0.25) is 10.0 Å². The standard InChI is InChI=1S/C13H24N4O3S/c1-11(2)14-5-6-17-9-13(8-15-17)21(18,19)16(3)12-4-7-20-10-12/h8-9,11-12,14H,4-7,10H2,1-3H3. The maximum atomic E-state index is 12.5. The summed E-state index contributed by atoms with van der Waals surface area (Å²) in [5.41, 5.74) is 0. The van der Waals surface area contributed by atoms with E-state index in [4.69, 9.17) is 4.74 Å². The second-order valence-corrected chi connectivity index (χ2v) is 7.58. The fourth-order valence-electron chi connectivity index (χ4n) is 2.24. The maximum absolute atomic E-state index is 12.5. The summed E-state index contributed by atoms with van der Waals surface area (Å²) in [6, 6.07) is 0.318. The lowest BCUT2D eigenvalue weighted by atomic mass is 10.3. The van der Waals surface area contributed by atoms with Crippen molar-refractivity contribution in [3.8, 4) is 0 Å². The highest BCUT2D eigenvalue weighted by Gasteiger charge is 2.31. The largest absolute Gasteiger partial charge is 0.380 e. The highest BCUT2D eigenvalue weighted by molar-refractivity contribution is 7.89. The molecule has 2 rings (SSSR count). The Morgan fingerprint density at radius 3 is 2.95 bits per heavy atom. The number of likely N-dealkylation sites (N-methyl/N-ethyl adjacent to an activating group) is 1. The minimum atomic E-state index is -3.49. The van der Waals surface area contributed by atoms with Crippen LogP contribution in [0.3, 0.4) is 0 Å². The average molecular weight is 316 g/mol. The summed E-state index contributed by atoms with van der Waals surface area (Å²) in [5.74, 6) is 0. The molecule has 0 aliphatic carbocycles. The van der Waals surface area contributed by atoms with Crippen LogP contribution in [0.2, 0.25) is 0 Å². The molecule has 1 atom stereocenters. The first-order valence-corrected chi connectivity index (χ1v) is 8.67. The van der Waals surface area contributed by atoms with E-state index < -0.39 is 10.0 Å². The lowest BCUT2D eigenvalue weighted by Gasteiger charge is -2.21. The number of hydrogen-bond donors (Lipinski definition) is 1. The van der Waals surface area contributed by atoms with Crippen LogP contribution in [0.25, 0.3) is 0 Å². The summed E-state index contributed by atoms with van der Waals surface area (Å²) in [7, 11) is -1.89. The number of hydrogen-bond acceptors (Lipinski definition) is 5. The Balaban J connectivity index is 2.01. The molecule has 0 saturated carbocycles. The molecule has 1 saturated heterocycles. The third kappa shape index (κ3) is 4.03. The van der Waals surface area contributed by atoms with Gasteiger partial charge in [-0.2, -0.15) is 9.40 Å². The van der Waals surface area contributed by atoms with Crippen molar-refractivity contribution in [2.45, 2.75) is 43.8 Å². The fourth-order valence-corrected chi connectivity index (χ4v) is 3.57. The van der Waals surface area contributed by atoms with Gasteiger partial charge in [0.25, 0.3) is 0 Å². The number of nitrogens with zero attached hydrogens (tertiary/aromatic N) is 3. The van der Waals surface area contributed by atoms with E-state index in [1.807, 2.05) is 0 Å². The predicted octanol–water partition coefficient (Wildman–Crippen LogP) is 0.291. The molecular formula is C13H24N4O3S. The number of sulfonamides is 1. The van der Waals surface area contributed by atoms with Crippen LogP contribution in [0.5, 0.6) is 0 Å². The molecule has 0 amide bonds. The molecule has 1 unspecified atom stereocenters. The van der Waals surface area contributed by atoms with Crippen LogP contribution in [0.4, 0.5) is 0 Å². The van der Waals surface area contributed by atoms with Crippen LogP contribution < -0.4 is 5.32 Å². The summed E-state index contributed by atoms with van der Waals surface area (Å²) in [6.45, 7) is 6.61. The molecule has 21 heavy (non-hydrogen) atoms. The van der Waals surface area contributed by atoms with Gasteiger partial charge in [-0.3, -0.25) is 4.68 Å². The zero-order chi connectivity index (χ0) is 15.5. The second kappa shape index (κ2) is 6.87. The van der Waals surface area contributed by atoms with Gasteiger partial charge in [-0.1, -0.05) is 13.8 Å². The number of aromatic nitrogens is 2. The van der Waals surface area contributed by atoms with Crippen molar-refractivity contribution in [3.05, 3.63) is 12.4 Å². The molecule has 0 radical (unpaired) electrons. The molecule has 1 aromatic rings. The monoisotopic (exact) mass is 316 g/mol. The van der Waals surface area contributed by atoms with Gasteiger partial charge in [-0.25, -0.2) is 8.42 Å². The Labute approximate surface area is 126 Å². The zero-order valence-electron chi connectivity index (χ0n) is 12.8. The van der Waals surface area contributed by atoms with E-state index in [-0.39, 0.29) is 10.9 Å². The highest BCUT2D eigenvalue weighted by atomic mass is 32.2. The van der Waals surface area contributed by atoms with E-state index in [0.29, 0.717) is 25.8 Å². The Hall–Kier alpha value is -0.960. The van der Waals surface area contributed by atoms with Crippen LogP contribution in [0.1, 0.15) is 20.3 Å². The quantitative estimate of drug-likeness (QED) is 0.782. The molecule has 1 N–H and O–H groups in total. The van der Waals surface area contributed by atoms with E-state index >= 15 is 0 Å². The van der Waals surface area contributed by atoms with E-state index in [1.165, 1.54) is 10.5 Å². The fraction of sp³-hybridized carbons (Fsp3) is 0.769. The third-order valence-electron chi connectivity index (χ3n) is 3.60. The molecule has 120 valence electrons. The van der Waals surface area contributed by atoms with E-state index in [9.17, 15) is 8.42 Å². The molecule has 8 heteroatoms. The lowest BCUT2D eigenvalue weighted by Crippen LogP contribution is -2.37. The van der Waals surface area contributed by atoms with Gasteiger partial charge in [-0.15, -0.1) is 0 Å². The lowest BCUT2D eigenvalue weighted by molar-refractivity contribution is 0.181. The molecule has 0 aromatic carbocycles. The average Bonchev–Trinajstić information content (AvgIpc) is 3.08. The molecule has 1 aliphatic heterocycles. The predicted molar refractivity (Wildman–Crippen MR) is 79.5 cm³/mol. The van der Waals surface area contributed by atoms with Crippen molar-refractivity contribution < 1.29 is 13.2 Å². The van der Waals surface area contributed by atoms with E-state index in [0.717, 1.165) is 13.0 Å². The molecule has 7 nitrogen and oxygen atoms in total. The van der Waals surface area contributed by atoms with Gasteiger partial charge >= 0.3 is 0 Å². The Morgan fingerprint density at radius 1 is 1.57 bits per heavy atom. The summed E-state index contributed by atoms with van der Waals surface area (Å²) < 4.78 is 33.3. The van der Waals surface area contributed by atoms with Crippen LogP contribution in [-0.4, -0.2) is 61.4 Å². The number of rotatable bonds is 7. The summed E-state index contributed by atoms with van der Waals surface area (Å²) in [4.78, 5) is 0.237. The van der Waals surface area contributed by atoms with Crippen LogP contribution >= 0.6 is 0 Å². The number of nitrogens with one attached hydrogen (secondary N) is 1. The van der Waals surface area contributed by atoms with Crippen molar-refractivity contribution in [2.24, 2.45) is 0 Å².